The molecule has 1 atom stereocenters. The van der Waals surface area contributed by atoms with Crippen LogP contribution in [0.25, 0.3) is 0 Å². The number of benzene rings is 2. The van der Waals surface area contributed by atoms with Gasteiger partial charge in [-0.25, -0.2) is 4.79 Å². The highest BCUT2D eigenvalue weighted by Gasteiger charge is 2.32. The van der Waals surface area contributed by atoms with Crippen LogP contribution in [0.5, 0.6) is 0 Å². The molecule has 2 aromatic carbocycles. The highest BCUT2D eigenvalue weighted by molar-refractivity contribution is 6.04. The number of urea groups is 1. The molecule has 0 radical (unpaired) electrons. The normalized spacial score (nSPS) is 15.9. The molecular weight excluding hydrogens is 477 g/mol. The molecule has 1 fully saturated rings. The van der Waals surface area contributed by atoms with Gasteiger partial charge in [0.2, 0.25) is 5.91 Å². The molecule has 0 aliphatic carbocycles. The summed E-state index contributed by atoms with van der Waals surface area (Å²) in [4.78, 5) is 40.3. The van der Waals surface area contributed by atoms with E-state index in [0.717, 1.165) is 42.9 Å². The van der Waals surface area contributed by atoms with Gasteiger partial charge >= 0.3 is 12.2 Å². The van der Waals surface area contributed by atoms with Crippen LogP contribution in [0.2, 0.25) is 0 Å². The van der Waals surface area contributed by atoms with Gasteiger partial charge in [0.15, 0.2) is 0 Å². The molecule has 1 aliphatic heterocycles. The van der Waals surface area contributed by atoms with Crippen LogP contribution in [-0.2, 0) is 17.5 Å². The van der Waals surface area contributed by atoms with E-state index in [0.29, 0.717) is 12.6 Å². The first-order valence-electron chi connectivity index (χ1n) is 11.3. The van der Waals surface area contributed by atoms with E-state index < -0.39 is 41.7 Å². The Morgan fingerprint density at radius 3 is 2.42 bits per heavy atom. The molecular formula is C24H29F3N6O3. The summed E-state index contributed by atoms with van der Waals surface area (Å²) in [5, 5.41) is 7.25. The number of halogens is 3. The number of likely N-dealkylation sites (tertiary alicyclic amines) is 1. The SMILES string of the molecule is CN(C)c1ccc(CN2CC[C@@H](NC(=O)CNC(=O)c3cc(C(F)(F)F)ccc3NC(N)=O)C2)cc1. The molecule has 0 aromatic heterocycles. The topological polar surface area (TPSA) is 120 Å². The zero-order chi connectivity index (χ0) is 26.5. The molecule has 36 heavy (non-hydrogen) atoms. The Bertz CT molecular complexity index is 1110. The number of hydrogen-bond donors (Lipinski definition) is 4. The smallest absolute Gasteiger partial charge is 0.378 e. The summed E-state index contributed by atoms with van der Waals surface area (Å²) in [7, 11) is 3.95. The number of carbonyl (C=O) groups excluding carboxylic acids is 3. The van der Waals surface area contributed by atoms with Crippen molar-refractivity contribution in [1.82, 2.24) is 15.5 Å². The Labute approximate surface area is 206 Å². The first-order chi connectivity index (χ1) is 16.9. The number of rotatable bonds is 8. The fourth-order valence-corrected chi connectivity index (χ4v) is 3.94. The van der Waals surface area contributed by atoms with Gasteiger partial charge in [0.25, 0.3) is 5.91 Å². The summed E-state index contributed by atoms with van der Waals surface area (Å²) >= 11 is 0. The lowest BCUT2D eigenvalue weighted by Gasteiger charge is -2.18. The zero-order valence-corrected chi connectivity index (χ0v) is 20.0. The van der Waals surface area contributed by atoms with Gasteiger partial charge in [0, 0.05) is 45.5 Å². The van der Waals surface area contributed by atoms with Crippen LogP contribution in [-0.4, -0.2) is 62.5 Å². The molecule has 9 nitrogen and oxygen atoms in total. The minimum Gasteiger partial charge on any atom is -0.378 e. The number of nitrogens with one attached hydrogen (secondary N) is 3. The van der Waals surface area contributed by atoms with Crippen LogP contribution < -0.4 is 26.6 Å². The van der Waals surface area contributed by atoms with E-state index in [4.69, 9.17) is 5.73 Å². The molecule has 2 aromatic rings. The number of hydrogen-bond acceptors (Lipinski definition) is 5. The number of nitrogens with two attached hydrogens (primary N) is 1. The summed E-state index contributed by atoms with van der Waals surface area (Å²) in [6, 6.07) is 9.30. The van der Waals surface area contributed by atoms with Crippen molar-refractivity contribution in [2.24, 2.45) is 5.73 Å². The maximum atomic E-state index is 13.1. The molecule has 0 spiro atoms. The van der Waals surface area contributed by atoms with Crippen LogP contribution in [0.15, 0.2) is 42.5 Å². The molecule has 1 aliphatic rings. The number of anilines is 2. The molecule has 5 N–H and O–H groups in total. The van der Waals surface area contributed by atoms with Crippen LogP contribution in [0, 0.1) is 0 Å². The number of primary amides is 1. The first-order valence-corrected chi connectivity index (χ1v) is 11.3. The van der Waals surface area contributed by atoms with Gasteiger partial charge in [-0.2, -0.15) is 13.2 Å². The van der Waals surface area contributed by atoms with Gasteiger partial charge in [-0.3, -0.25) is 14.5 Å². The van der Waals surface area contributed by atoms with Crippen molar-refractivity contribution in [3.05, 3.63) is 59.2 Å². The van der Waals surface area contributed by atoms with Crippen LogP contribution in [0.3, 0.4) is 0 Å². The third-order valence-electron chi connectivity index (χ3n) is 5.76. The van der Waals surface area contributed by atoms with Crippen molar-refractivity contribution in [3.8, 4) is 0 Å². The van der Waals surface area contributed by atoms with Gasteiger partial charge in [0.1, 0.15) is 0 Å². The van der Waals surface area contributed by atoms with Crippen LogP contribution >= 0.6 is 0 Å². The Kier molecular flexibility index (Phi) is 8.41. The summed E-state index contributed by atoms with van der Waals surface area (Å²) in [5.74, 6) is -1.42. The Morgan fingerprint density at radius 1 is 1.11 bits per heavy atom. The summed E-state index contributed by atoms with van der Waals surface area (Å²) in [5.41, 5.74) is 5.57. The molecule has 4 amide bonds. The molecule has 0 unspecified atom stereocenters. The lowest BCUT2D eigenvalue weighted by molar-refractivity contribution is -0.137. The quantitative estimate of drug-likeness (QED) is 0.438. The van der Waals surface area contributed by atoms with Gasteiger partial charge < -0.3 is 26.6 Å². The first kappa shape index (κ1) is 26.8. The monoisotopic (exact) mass is 506 g/mol. The van der Waals surface area contributed by atoms with E-state index in [1.165, 1.54) is 0 Å². The summed E-state index contributed by atoms with van der Waals surface area (Å²) in [6.45, 7) is 1.73. The number of alkyl halides is 3. The Morgan fingerprint density at radius 2 is 1.81 bits per heavy atom. The second kappa shape index (κ2) is 11.3. The average molecular weight is 507 g/mol. The van der Waals surface area contributed by atoms with E-state index in [9.17, 15) is 27.6 Å². The second-order valence-corrected chi connectivity index (χ2v) is 8.78. The van der Waals surface area contributed by atoms with Gasteiger partial charge in [0.05, 0.1) is 23.4 Å². The predicted molar refractivity (Wildman–Crippen MR) is 130 cm³/mol. The zero-order valence-electron chi connectivity index (χ0n) is 20.0. The van der Waals surface area contributed by atoms with E-state index in [-0.39, 0.29) is 11.7 Å². The fourth-order valence-electron chi connectivity index (χ4n) is 3.94. The van der Waals surface area contributed by atoms with Crippen molar-refractivity contribution in [1.29, 1.82) is 0 Å². The lowest BCUT2D eigenvalue weighted by atomic mass is 10.1. The molecule has 1 heterocycles. The van der Waals surface area contributed by atoms with Crippen molar-refractivity contribution in [2.75, 3.05) is 43.9 Å². The third kappa shape index (κ3) is 7.35. The van der Waals surface area contributed by atoms with E-state index in [2.05, 4.69) is 33.0 Å². The molecule has 0 bridgehead atoms. The molecule has 194 valence electrons. The van der Waals surface area contributed by atoms with E-state index in [1.807, 2.05) is 31.1 Å². The van der Waals surface area contributed by atoms with Crippen LogP contribution in [0.4, 0.5) is 29.3 Å². The minimum absolute atomic E-state index is 0.115. The lowest BCUT2D eigenvalue weighted by Crippen LogP contribution is -2.43. The summed E-state index contributed by atoms with van der Waals surface area (Å²) < 4.78 is 39.2. The fraction of sp³-hybridized carbons (Fsp3) is 0.375. The van der Waals surface area contributed by atoms with E-state index in [1.54, 1.807) is 0 Å². The molecule has 3 rings (SSSR count). The van der Waals surface area contributed by atoms with Gasteiger partial charge in [-0.05, 0) is 42.3 Å². The Hall–Kier alpha value is -3.80. The minimum atomic E-state index is -4.69. The second-order valence-electron chi connectivity index (χ2n) is 8.78. The predicted octanol–water partition coefficient (Wildman–Crippen LogP) is 2.38. The average Bonchev–Trinajstić information content (AvgIpc) is 3.23. The summed E-state index contributed by atoms with van der Waals surface area (Å²) in [6.07, 6.45) is -3.96. The highest BCUT2D eigenvalue weighted by atomic mass is 19.4. The van der Waals surface area contributed by atoms with Crippen molar-refractivity contribution < 1.29 is 27.6 Å². The molecule has 1 saturated heterocycles. The third-order valence-corrected chi connectivity index (χ3v) is 5.76. The number of nitrogens with zero attached hydrogens (tertiary/aromatic N) is 2. The van der Waals surface area contributed by atoms with Crippen molar-refractivity contribution in [2.45, 2.75) is 25.2 Å². The van der Waals surface area contributed by atoms with Gasteiger partial charge in [-0.15, -0.1) is 0 Å². The largest absolute Gasteiger partial charge is 0.416 e. The van der Waals surface area contributed by atoms with Gasteiger partial charge in [-0.1, -0.05) is 12.1 Å². The maximum absolute atomic E-state index is 13.1. The standard InChI is InChI=1S/C24H29F3N6O3/c1-32(2)18-6-3-15(4-7-18)13-33-10-9-17(14-33)30-21(34)12-29-22(35)19-11-16(24(25,26)27)5-8-20(19)31-23(28)36/h3-8,11,17H,9-10,12-14H2,1-2H3,(H,29,35)(H,30,34)(H3,28,31,36)/t17-/m1/s1. The van der Waals surface area contributed by atoms with Crippen molar-refractivity contribution in [3.63, 3.8) is 0 Å². The highest BCUT2D eigenvalue weighted by Crippen LogP contribution is 2.32. The number of amides is 4. The van der Waals surface area contributed by atoms with Crippen molar-refractivity contribution >= 4 is 29.2 Å². The number of carbonyl (C=O) groups is 3. The molecule has 12 heteroatoms. The maximum Gasteiger partial charge on any atom is 0.416 e. The van der Waals surface area contributed by atoms with E-state index >= 15 is 0 Å². The van der Waals surface area contributed by atoms with Crippen LogP contribution in [0.1, 0.15) is 27.9 Å². The Balaban J connectivity index is 1.52. The molecule has 0 saturated carbocycles.